The molecule has 0 spiro atoms. The Bertz CT molecular complexity index is 2510. The lowest BCUT2D eigenvalue weighted by Crippen LogP contribution is -2.53. The maximum Gasteiger partial charge on any atom is 0.227 e. The highest BCUT2D eigenvalue weighted by molar-refractivity contribution is 6.96. The minimum absolute atomic E-state index is 0.632. The van der Waals surface area contributed by atoms with E-state index in [1.54, 1.807) is 0 Å². The summed E-state index contributed by atoms with van der Waals surface area (Å²) in [6, 6.07) is 67.1. The van der Waals surface area contributed by atoms with Crippen LogP contribution in [0, 0.1) is 0 Å². The molecule has 0 N–H and O–H groups in total. The normalized spacial score (nSPS) is 11.4. The van der Waals surface area contributed by atoms with E-state index in [2.05, 4.69) is 163 Å². The summed E-state index contributed by atoms with van der Waals surface area (Å²) in [6.45, 7) is 0. The fourth-order valence-corrected chi connectivity index (χ4v) is 9.65. The number of hydrogen-bond acceptors (Lipinski definition) is 3. The number of benzene rings is 8. The van der Waals surface area contributed by atoms with Crippen LogP contribution in [0.25, 0.3) is 44.1 Å². The third kappa shape index (κ3) is 5.29. The second kappa shape index (κ2) is 12.4. The molecule has 8 aromatic carbocycles. The van der Waals surface area contributed by atoms with Crippen molar-refractivity contribution in [3.63, 3.8) is 0 Å². The number of para-hydroxylation sites is 2. The van der Waals surface area contributed by atoms with Crippen molar-refractivity contribution < 1.29 is 4.42 Å². The lowest BCUT2D eigenvalue weighted by atomic mass is 10.00. The van der Waals surface area contributed by atoms with Gasteiger partial charge in [-0.3, -0.25) is 0 Å². The average molecular weight is 644 g/mol. The lowest BCUT2D eigenvalue weighted by Gasteiger charge is -2.30. The van der Waals surface area contributed by atoms with Gasteiger partial charge in [-0.05, 0) is 69.9 Å². The number of aromatic nitrogens is 1. The highest BCUT2D eigenvalue weighted by Crippen LogP contribution is 2.39. The fraction of sp³-hybridized carbons (Fsp3) is 0. The number of rotatable bonds is 7. The molecule has 0 saturated heterocycles. The van der Waals surface area contributed by atoms with Gasteiger partial charge in [-0.15, -0.1) is 0 Å². The van der Waals surface area contributed by atoms with Crippen molar-refractivity contribution in [2.24, 2.45) is 0 Å². The molecule has 231 valence electrons. The molecule has 0 fully saturated rings. The van der Waals surface area contributed by atoms with E-state index in [1.165, 1.54) is 21.2 Å². The topological polar surface area (TPSA) is 29.3 Å². The van der Waals surface area contributed by atoms with Crippen LogP contribution < -0.4 is 20.5 Å². The van der Waals surface area contributed by atoms with Gasteiger partial charge in [-0.1, -0.05) is 150 Å². The second-order valence-electron chi connectivity index (χ2n) is 12.2. The van der Waals surface area contributed by atoms with Crippen LogP contribution in [0.1, 0.15) is 0 Å². The Labute approximate surface area is 287 Å². The summed E-state index contributed by atoms with van der Waals surface area (Å²) in [5, 5.41) is 8.52. The molecule has 1 aromatic heterocycles. The van der Waals surface area contributed by atoms with Gasteiger partial charge in [0.1, 0.15) is 5.52 Å². The molecule has 49 heavy (non-hydrogen) atoms. The predicted molar refractivity (Wildman–Crippen MR) is 207 cm³/mol. The van der Waals surface area contributed by atoms with Crippen molar-refractivity contribution in [2.75, 3.05) is 4.90 Å². The van der Waals surface area contributed by atoms with E-state index in [0.29, 0.717) is 5.89 Å². The van der Waals surface area contributed by atoms with E-state index in [4.69, 9.17) is 9.40 Å². The molecule has 9 aromatic rings. The van der Waals surface area contributed by atoms with E-state index < -0.39 is 8.80 Å². The highest BCUT2D eigenvalue weighted by Gasteiger charge is 2.26. The minimum Gasteiger partial charge on any atom is -0.435 e. The van der Waals surface area contributed by atoms with Gasteiger partial charge >= 0.3 is 0 Å². The number of anilines is 3. The molecule has 0 atom stereocenters. The molecule has 0 saturated carbocycles. The summed E-state index contributed by atoms with van der Waals surface area (Å²) in [6.07, 6.45) is 0. The average Bonchev–Trinajstić information content (AvgIpc) is 3.62. The van der Waals surface area contributed by atoms with Crippen LogP contribution in [0.15, 0.2) is 192 Å². The van der Waals surface area contributed by atoms with Gasteiger partial charge in [-0.2, -0.15) is 0 Å². The first kappa shape index (κ1) is 28.9. The first-order valence-electron chi connectivity index (χ1n) is 16.6. The largest absolute Gasteiger partial charge is 0.435 e. The summed E-state index contributed by atoms with van der Waals surface area (Å²) in [7, 11) is -1.36. The predicted octanol–water partition coefficient (Wildman–Crippen LogP) is 9.79. The molecule has 9 rings (SSSR count). The van der Waals surface area contributed by atoms with Crippen molar-refractivity contribution in [1.29, 1.82) is 0 Å². The van der Waals surface area contributed by atoms with E-state index >= 15 is 0 Å². The van der Waals surface area contributed by atoms with Gasteiger partial charge in [0.2, 0.25) is 5.89 Å². The number of fused-ring (bicyclic) bond motifs is 5. The Morgan fingerprint density at radius 3 is 1.78 bits per heavy atom. The first-order valence-corrected chi connectivity index (χ1v) is 18.1. The molecule has 0 bridgehead atoms. The Balaban J connectivity index is 1.28. The molecular formula is C45H31N2OSi. The zero-order valence-electron chi connectivity index (χ0n) is 26.7. The number of oxazole rings is 1. The summed E-state index contributed by atoms with van der Waals surface area (Å²) in [5.41, 5.74) is 5.99. The second-order valence-corrected chi connectivity index (χ2v) is 14.6. The van der Waals surface area contributed by atoms with Crippen LogP contribution in [0.4, 0.5) is 17.1 Å². The van der Waals surface area contributed by atoms with Crippen molar-refractivity contribution in [1.82, 2.24) is 4.98 Å². The standard InChI is InChI=1S/C45H31N2OSi/c1-5-15-34(16-6-1)45-46-40-30-28-33-26-25-32-27-29-36(31-39(32)43(33)44(40)48-45)47(35-17-7-2-8-18-35)41-23-13-14-24-42(41)49(37-19-9-3-10-20-37)38-21-11-4-12-22-38/h1-31H. The smallest absolute Gasteiger partial charge is 0.227 e. The zero-order valence-corrected chi connectivity index (χ0v) is 27.7. The summed E-state index contributed by atoms with van der Waals surface area (Å²) >= 11 is 0. The molecule has 3 nitrogen and oxygen atoms in total. The molecule has 4 heteroatoms. The van der Waals surface area contributed by atoms with E-state index in [0.717, 1.165) is 49.6 Å². The third-order valence-electron chi connectivity index (χ3n) is 9.17. The van der Waals surface area contributed by atoms with Crippen LogP contribution in [0.5, 0.6) is 0 Å². The molecule has 0 aliphatic carbocycles. The van der Waals surface area contributed by atoms with Crippen molar-refractivity contribution in [3.05, 3.63) is 188 Å². The Kier molecular flexibility index (Phi) is 7.34. The molecule has 0 aliphatic rings. The monoisotopic (exact) mass is 643 g/mol. The Hall–Kier alpha value is -6.23. The maximum atomic E-state index is 6.57. The van der Waals surface area contributed by atoms with E-state index in [9.17, 15) is 0 Å². The minimum atomic E-state index is -1.36. The van der Waals surface area contributed by atoms with Crippen molar-refractivity contribution in [2.45, 2.75) is 0 Å². The number of hydrogen-bond donors (Lipinski definition) is 0. The van der Waals surface area contributed by atoms with Crippen LogP contribution in [0.2, 0.25) is 0 Å². The van der Waals surface area contributed by atoms with Crippen molar-refractivity contribution >= 4 is 74.1 Å². The maximum absolute atomic E-state index is 6.57. The van der Waals surface area contributed by atoms with Gasteiger partial charge in [0.25, 0.3) is 0 Å². The van der Waals surface area contributed by atoms with Crippen LogP contribution in [-0.4, -0.2) is 13.8 Å². The molecule has 0 unspecified atom stereocenters. The van der Waals surface area contributed by atoms with Gasteiger partial charge in [0.15, 0.2) is 14.4 Å². The molecule has 1 radical (unpaired) electrons. The van der Waals surface area contributed by atoms with Crippen LogP contribution >= 0.6 is 0 Å². The Morgan fingerprint density at radius 2 is 1.06 bits per heavy atom. The van der Waals surface area contributed by atoms with Crippen LogP contribution in [0.3, 0.4) is 0 Å². The lowest BCUT2D eigenvalue weighted by molar-refractivity contribution is 0.623. The molecule has 0 amide bonds. The van der Waals surface area contributed by atoms with Crippen LogP contribution in [-0.2, 0) is 0 Å². The fourth-order valence-electron chi connectivity index (χ4n) is 6.92. The third-order valence-corrected chi connectivity index (χ3v) is 12.0. The summed E-state index contributed by atoms with van der Waals surface area (Å²) < 4.78 is 6.57. The highest BCUT2D eigenvalue weighted by atomic mass is 28.3. The summed E-state index contributed by atoms with van der Waals surface area (Å²) in [5.74, 6) is 0.632. The quantitative estimate of drug-likeness (QED) is 0.0984. The number of nitrogens with zero attached hydrogens (tertiary/aromatic N) is 2. The van der Waals surface area contributed by atoms with Gasteiger partial charge in [-0.25, -0.2) is 4.98 Å². The van der Waals surface area contributed by atoms with Gasteiger partial charge < -0.3 is 9.32 Å². The van der Waals surface area contributed by atoms with Crippen molar-refractivity contribution in [3.8, 4) is 11.5 Å². The van der Waals surface area contributed by atoms with E-state index in [-0.39, 0.29) is 0 Å². The van der Waals surface area contributed by atoms with Gasteiger partial charge in [0.05, 0.1) is 0 Å². The van der Waals surface area contributed by atoms with Gasteiger partial charge in [0, 0.05) is 28.0 Å². The van der Waals surface area contributed by atoms with E-state index in [1.807, 2.05) is 30.3 Å². The molecule has 0 aliphatic heterocycles. The SMILES string of the molecule is c1ccc(-c2nc3ccc4ccc5ccc(N(c6ccccc6)c6ccccc6[Si](c6ccccc6)c6ccccc6)cc5c4c3o2)cc1. The Morgan fingerprint density at radius 1 is 0.490 bits per heavy atom. The molecule has 1 heterocycles. The summed E-state index contributed by atoms with van der Waals surface area (Å²) in [4.78, 5) is 7.32. The first-order chi connectivity index (χ1) is 24.3. The zero-order chi connectivity index (χ0) is 32.6. The molecular weight excluding hydrogens is 613 g/mol.